The molecule has 0 saturated carbocycles. The molecule has 0 atom stereocenters. The Morgan fingerprint density at radius 1 is 0.459 bits per heavy atom. The quantitative estimate of drug-likeness (QED) is 0.177. The molecule has 1 aliphatic heterocycles. The topological polar surface area (TPSA) is 21.7 Å². The lowest BCUT2D eigenvalue weighted by Gasteiger charge is -2.31. The maximum atomic E-state index is 7.22. The molecule has 0 amide bonds. The molecule has 0 bridgehead atoms. The lowest BCUT2D eigenvalue weighted by molar-refractivity contribution is 0.361. The van der Waals surface area contributed by atoms with Crippen LogP contribution in [0.2, 0.25) is 0 Å². The Morgan fingerprint density at radius 2 is 1.07 bits per heavy atom. The smallest absolute Gasteiger partial charge is 0.178 e. The van der Waals surface area contributed by atoms with Crippen molar-refractivity contribution in [2.24, 2.45) is 0 Å². The highest BCUT2D eigenvalue weighted by molar-refractivity contribution is 5.98. The summed E-state index contributed by atoms with van der Waals surface area (Å²) in [6, 6.07) is 63.9. The fourth-order valence-corrected chi connectivity index (χ4v) is 11.4. The summed E-state index contributed by atoms with van der Waals surface area (Å²) < 4.78 is 14.0. The Hall–Kier alpha value is -7.36. The third kappa shape index (κ3) is 4.64. The third-order valence-corrected chi connectivity index (χ3v) is 14.1. The molecule has 13 rings (SSSR count). The van der Waals surface area contributed by atoms with Gasteiger partial charge in [0, 0.05) is 33.6 Å². The number of anilines is 3. The van der Waals surface area contributed by atoms with E-state index >= 15 is 0 Å². The molecule has 8 aromatic carbocycles. The number of rotatable bonds is 4. The van der Waals surface area contributed by atoms with Gasteiger partial charge in [-0.1, -0.05) is 159 Å². The Balaban J connectivity index is 0.914. The van der Waals surface area contributed by atoms with Crippen LogP contribution in [0.5, 0.6) is 23.0 Å². The maximum absolute atomic E-state index is 7.22. The standard InChI is InChI=1S/C58H41NO2/c1-57(2)46-22-10-6-19-43(46)45-35-39(31-32-47(45)57)59(37-15-4-3-5-16-37)38-29-27-36(28-30-38)40-21-14-26-52-55(40)61-56-53(60-52)34-33-51-54(56)44-20-9-13-25-50(44)58(51)48-23-11-7-17-41(48)42-18-8-12-24-49(42)58/h3-9,11-21,23-35H,10,22H2,1-2H3. The van der Waals surface area contributed by atoms with Crippen LogP contribution < -0.4 is 14.4 Å². The van der Waals surface area contributed by atoms with Gasteiger partial charge >= 0.3 is 0 Å². The van der Waals surface area contributed by atoms with Gasteiger partial charge in [-0.05, 0) is 123 Å². The molecular formula is C58H41NO2. The van der Waals surface area contributed by atoms with E-state index in [1.54, 1.807) is 5.57 Å². The van der Waals surface area contributed by atoms with Crippen molar-refractivity contribution in [1.29, 1.82) is 0 Å². The van der Waals surface area contributed by atoms with Crippen LogP contribution in [0, 0.1) is 0 Å². The van der Waals surface area contributed by atoms with Gasteiger partial charge in [-0.15, -0.1) is 0 Å². The van der Waals surface area contributed by atoms with E-state index in [2.05, 4.69) is 201 Å². The van der Waals surface area contributed by atoms with Crippen LogP contribution in [-0.4, -0.2) is 0 Å². The lowest BCUT2D eigenvalue weighted by Crippen LogP contribution is -2.25. The van der Waals surface area contributed by atoms with Crippen LogP contribution in [-0.2, 0) is 10.8 Å². The number of nitrogens with zero attached hydrogens (tertiary/aromatic N) is 1. The zero-order valence-corrected chi connectivity index (χ0v) is 34.1. The van der Waals surface area contributed by atoms with E-state index in [9.17, 15) is 0 Å². The normalized spacial score (nSPS) is 16.0. The second kappa shape index (κ2) is 12.6. The monoisotopic (exact) mass is 783 g/mol. The van der Waals surface area contributed by atoms with Crippen LogP contribution in [0.3, 0.4) is 0 Å². The molecule has 1 heterocycles. The summed E-state index contributed by atoms with van der Waals surface area (Å²) in [5.74, 6) is 2.94. The van der Waals surface area contributed by atoms with Crippen LogP contribution in [0.1, 0.15) is 60.1 Å². The van der Waals surface area contributed by atoms with Crippen molar-refractivity contribution < 1.29 is 9.47 Å². The second-order valence-electron chi connectivity index (χ2n) is 17.4. The first kappa shape index (κ1) is 34.5. The fraction of sp³-hybridized carbons (Fsp3) is 0.103. The molecule has 0 unspecified atom stereocenters. The van der Waals surface area contributed by atoms with Crippen LogP contribution in [0.25, 0.3) is 39.0 Å². The number of para-hydroxylation sites is 2. The van der Waals surface area contributed by atoms with Crippen LogP contribution in [0.15, 0.2) is 194 Å². The van der Waals surface area contributed by atoms with Crippen LogP contribution in [0.4, 0.5) is 17.1 Å². The summed E-state index contributed by atoms with van der Waals surface area (Å²) in [4.78, 5) is 2.37. The average Bonchev–Trinajstić information content (AvgIpc) is 3.87. The van der Waals surface area contributed by atoms with Gasteiger partial charge < -0.3 is 14.4 Å². The van der Waals surface area contributed by atoms with Gasteiger partial charge in [-0.2, -0.15) is 0 Å². The molecule has 5 aliphatic rings. The number of hydrogen-bond acceptors (Lipinski definition) is 3. The highest BCUT2D eigenvalue weighted by Crippen LogP contribution is 2.66. The van der Waals surface area contributed by atoms with Gasteiger partial charge in [0.25, 0.3) is 0 Å². The van der Waals surface area contributed by atoms with Crippen molar-refractivity contribution in [3.05, 3.63) is 227 Å². The SMILES string of the molecule is CC1(C)C2=C(C=CCC2)c2cc(N(c3ccccc3)c3ccc(-c4cccc5c4Oc4c(ccc6c4-c4ccccc4C64c6ccccc6-c6ccccc64)O5)cc3)ccc21. The second-order valence-corrected chi connectivity index (χ2v) is 17.4. The molecular weight excluding hydrogens is 743 g/mol. The van der Waals surface area contributed by atoms with Gasteiger partial charge in [0.2, 0.25) is 0 Å². The maximum Gasteiger partial charge on any atom is 0.178 e. The molecule has 3 heteroatoms. The van der Waals surface area contributed by atoms with E-state index < -0.39 is 5.41 Å². The summed E-state index contributed by atoms with van der Waals surface area (Å²) in [5.41, 5.74) is 20.6. The van der Waals surface area contributed by atoms with Gasteiger partial charge in [0.1, 0.15) is 0 Å². The fourth-order valence-electron chi connectivity index (χ4n) is 11.4. The van der Waals surface area contributed by atoms with Crippen LogP contribution >= 0.6 is 0 Å². The Labute approximate surface area is 356 Å². The molecule has 3 nitrogen and oxygen atoms in total. The number of hydrogen-bond donors (Lipinski definition) is 0. The molecule has 1 spiro atoms. The predicted molar refractivity (Wildman–Crippen MR) is 248 cm³/mol. The Kier molecular flexibility index (Phi) is 7.11. The number of fused-ring (bicyclic) bond motifs is 15. The molecule has 0 radical (unpaired) electrons. The van der Waals surface area contributed by atoms with Crippen molar-refractivity contribution >= 4 is 22.6 Å². The van der Waals surface area contributed by atoms with Gasteiger partial charge in [0.15, 0.2) is 23.0 Å². The molecule has 0 saturated heterocycles. The highest BCUT2D eigenvalue weighted by atomic mass is 16.6. The summed E-state index contributed by atoms with van der Waals surface area (Å²) in [7, 11) is 0. The Morgan fingerprint density at radius 3 is 1.82 bits per heavy atom. The zero-order chi connectivity index (χ0) is 40.5. The lowest BCUT2D eigenvalue weighted by atomic mass is 9.70. The molecule has 8 aromatic rings. The molecule has 0 N–H and O–H groups in total. The largest absolute Gasteiger partial charge is 0.449 e. The predicted octanol–water partition coefficient (Wildman–Crippen LogP) is 15.5. The van der Waals surface area contributed by atoms with E-state index in [0.717, 1.165) is 63.8 Å². The molecule has 0 aromatic heterocycles. The first-order chi connectivity index (χ1) is 30.0. The number of ether oxygens (including phenoxy) is 2. The summed E-state index contributed by atoms with van der Waals surface area (Å²) in [5, 5.41) is 0. The van der Waals surface area contributed by atoms with Crippen molar-refractivity contribution in [3.63, 3.8) is 0 Å². The van der Waals surface area contributed by atoms with E-state index in [1.807, 2.05) is 6.07 Å². The molecule has 4 aliphatic carbocycles. The van der Waals surface area contributed by atoms with Gasteiger partial charge in [-0.3, -0.25) is 0 Å². The average molecular weight is 784 g/mol. The first-order valence-corrected chi connectivity index (χ1v) is 21.5. The summed E-state index contributed by atoms with van der Waals surface area (Å²) in [6.07, 6.45) is 6.91. The number of allylic oxidation sites excluding steroid dienone is 4. The van der Waals surface area contributed by atoms with Crippen molar-refractivity contribution in [2.75, 3.05) is 4.90 Å². The Bertz CT molecular complexity index is 3180. The van der Waals surface area contributed by atoms with E-state index in [-0.39, 0.29) is 5.41 Å². The van der Waals surface area contributed by atoms with E-state index in [0.29, 0.717) is 5.75 Å². The minimum atomic E-state index is -0.459. The van der Waals surface area contributed by atoms with Crippen molar-refractivity contribution in [2.45, 2.75) is 37.5 Å². The van der Waals surface area contributed by atoms with Gasteiger partial charge in [0.05, 0.1) is 5.41 Å². The third-order valence-electron chi connectivity index (χ3n) is 14.1. The summed E-state index contributed by atoms with van der Waals surface area (Å²) in [6.45, 7) is 4.76. The molecule has 0 fully saturated rings. The summed E-state index contributed by atoms with van der Waals surface area (Å²) >= 11 is 0. The van der Waals surface area contributed by atoms with Crippen molar-refractivity contribution in [3.8, 4) is 56.4 Å². The van der Waals surface area contributed by atoms with E-state index in [4.69, 9.17) is 9.47 Å². The minimum Gasteiger partial charge on any atom is -0.449 e. The molecule has 290 valence electrons. The molecule has 61 heavy (non-hydrogen) atoms. The van der Waals surface area contributed by atoms with E-state index in [1.165, 1.54) is 55.6 Å². The minimum absolute atomic E-state index is 0.0343. The zero-order valence-electron chi connectivity index (χ0n) is 34.1. The van der Waals surface area contributed by atoms with Gasteiger partial charge in [-0.25, -0.2) is 0 Å². The first-order valence-electron chi connectivity index (χ1n) is 21.5. The number of benzene rings is 8. The van der Waals surface area contributed by atoms with Crippen molar-refractivity contribution in [1.82, 2.24) is 0 Å². The highest BCUT2D eigenvalue weighted by Gasteiger charge is 2.53.